The fourth-order valence-electron chi connectivity index (χ4n) is 2.23. The third-order valence-corrected chi connectivity index (χ3v) is 5.48. The van der Waals surface area contributed by atoms with Crippen LogP contribution in [0.4, 0.5) is 0 Å². The molecule has 2 unspecified atom stereocenters. The zero-order chi connectivity index (χ0) is 15.9. The van der Waals surface area contributed by atoms with Crippen molar-refractivity contribution in [2.24, 2.45) is 0 Å². The SMILES string of the molecule is CCN(CC)C(CNS(=O)(=O)C(C)CO)c1ccccc1. The van der Waals surface area contributed by atoms with Gasteiger partial charge in [-0.1, -0.05) is 44.2 Å². The molecule has 0 bridgehead atoms. The smallest absolute Gasteiger partial charge is 0.216 e. The molecule has 1 rings (SSSR count). The lowest BCUT2D eigenvalue weighted by Crippen LogP contribution is -2.41. The van der Waals surface area contributed by atoms with Crippen molar-refractivity contribution in [2.45, 2.75) is 32.1 Å². The Morgan fingerprint density at radius 3 is 2.24 bits per heavy atom. The molecule has 0 aliphatic carbocycles. The lowest BCUT2D eigenvalue weighted by atomic mass is 10.1. The van der Waals surface area contributed by atoms with Crippen molar-refractivity contribution in [3.8, 4) is 0 Å². The fourth-order valence-corrected chi connectivity index (χ4v) is 3.10. The molecule has 0 radical (unpaired) electrons. The van der Waals surface area contributed by atoms with Crippen LogP contribution < -0.4 is 4.72 Å². The Morgan fingerprint density at radius 1 is 1.19 bits per heavy atom. The Morgan fingerprint density at radius 2 is 1.76 bits per heavy atom. The molecule has 0 aliphatic heterocycles. The normalized spacial score (nSPS) is 15.1. The average molecular weight is 314 g/mol. The van der Waals surface area contributed by atoms with Gasteiger partial charge in [0.15, 0.2) is 0 Å². The number of sulfonamides is 1. The molecule has 0 heterocycles. The molecule has 0 saturated heterocycles. The van der Waals surface area contributed by atoms with Gasteiger partial charge in [-0.3, -0.25) is 4.90 Å². The van der Waals surface area contributed by atoms with E-state index in [0.29, 0.717) is 6.54 Å². The summed E-state index contributed by atoms with van der Waals surface area (Å²) in [5, 5.41) is 8.22. The van der Waals surface area contributed by atoms with Crippen LogP contribution in [0.5, 0.6) is 0 Å². The van der Waals surface area contributed by atoms with Crippen LogP contribution in [-0.2, 0) is 10.0 Å². The first-order valence-corrected chi connectivity index (χ1v) is 8.89. The molecule has 2 N–H and O–H groups in total. The van der Waals surface area contributed by atoms with Gasteiger partial charge in [0.2, 0.25) is 10.0 Å². The summed E-state index contributed by atoms with van der Waals surface area (Å²) in [5.41, 5.74) is 1.08. The van der Waals surface area contributed by atoms with Crippen molar-refractivity contribution < 1.29 is 13.5 Å². The molecule has 2 atom stereocenters. The summed E-state index contributed by atoms with van der Waals surface area (Å²) in [7, 11) is -3.49. The molecule has 1 aromatic carbocycles. The van der Waals surface area contributed by atoms with E-state index < -0.39 is 15.3 Å². The zero-order valence-corrected chi connectivity index (χ0v) is 13.8. The van der Waals surface area contributed by atoms with Crippen LogP contribution in [0.15, 0.2) is 30.3 Å². The van der Waals surface area contributed by atoms with Gasteiger partial charge in [-0.05, 0) is 25.6 Å². The Hall–Kier alpha value is -0.950. The van der Waals surface area contributed by atoms with Crippen LogP contribution in [0.2, 0.25) is 0 Å². The minimum absolute atomic E-state index is 0.0122. The first kappa shape index (κ1) is 18.1. The van der Waals surface area contributed by atoms with Gasteiger partial charge in [-0.15, -0.1) is 0 Å². The van der Waals surface area contributed by atoms with E-state index in [4.69, 9.17) is 5.11 Å². The third kappa shape index (κ3) is 5.07. The second-order valence-corrected chi connectivity index (χ2v) is 7.22. The molecule has 21 heavy (non-hydrogen) atoms. The highest BCUT2D eigenvalue weighted by atomic mass is 32.2. The van der Waals surface area contributed by atoms with Gasteiger partial charge in [-0.2, -0.15) is 0 Å². The van der Waals surface area contributed by atoms with E-state index in [9.17, 15) is 8.42 Å². The van der Waals surface area contributed by atoms with E-state index in [2.05, 4.69) is 23.5 Å². The molecule has 0 aliphatic rings. The number of nitrogens with zero attached hydrogens (tertiary/aromatic N) is 1. The molecule has 5 nitrogen and oxygen atoms in total. The predicted octanol–water partition coefficient (Wildman–Crippen LogP) is 1.37. The summed E-state index contributed by atoms with van der Waals surface area (Å²) in [4.78, 5) is 2.21. The summed E-state index contributed by atoms with van der Waals surface area (Å²) in [6.45, 7) is 7.22. The molecule has 0 aromatic heterocycles. The standard InChI is InChI=1S/C15H26N2O3S/c1-4-17(5-2)15(14-9-7-6-8-10-14)11-16-21(19,20)13(3)12-18/h6-10,13,15-16,18H,4-5,11-12H2,1-3H3. The van der Waals surface area contributed by atoms with Gasteiger partial charge < -0.3 is 5.11 Å². The van der Waals surface area contributed by atoms with E-state index in [1.54, 1.807) is 0 Å². The topological polar surface area (TPSA) is 69.6 Å². The highest BCUT2D eigenvalue weighted by Gasteiger charge is 2.24. The van der Waals surface area contributed by atoms with Gasteiger partial charge in [0.05, 0.1) is 11.9 Å². The first-order valence-electron chi connectivity index (χ1n) is 7.34. The number of aliphatic hydroxyl groups is 1. The van der Waals surface area contributed by atoms with Crippen LogP contribution in [0.1, 0.15) is 32.4 Å². The average Bonchev–Trinajstić information content (AvgIpc) is 2.51. The van der Waals surface area contributed by atoms with Crippen LogP contribution in [-0.4, -0.2) is 49.9 Å². The van der Waals surface area contributed by atoms with Gasteiger partial charge in [0.25, 0.3) is 0 Å². The van der Waals surface area contributed by atoms with E-state index >= 15 is 0 Å². The van der Waals surface area contributed by atoms with E-state index in [0.717, 1.165) is 18.7 Å². The van der Waals surface area contributed by atoms with Gasteiger partial charge in [-0.25, -0.2) is 13.1 Å². The van der Waals surface area contributed by atoms with Crippen molar-refractivity contribution in [2.75, 3.05) is 26.2 Å². The summed E-state index contributed by atoms with van der Waals surface area (Å²) in [6.07, 6.45) is 0. The molecule has 1 aromatic rings. The number of benzene rings is 1. The van der Waals surface area contributed by atoms with Crippen molar-refractivity contribution in [1.82, 2.24) is 9.62 Å². The van der Waals surface area contributed by atoms with Crippen LogP contribution in [0, 0.1) is 0 Å². The molecular formula is C15H26N2O3S. The van der Waals surface area contributed by atoms with Crippen molar-refractivity contribution in [1.29, 1.82) is 0 Å². The van der Waals surface area contributed by atoms with Crippen LogP contribution in [0.25, 0.3) is 0 Å². The van der Waals surface area contributed by atoms with Crippen molar-refractivity contribution in [3.05, 3.63) is 35.9 Å². The van der Waals surface area contributed by atoms with E-state index in [1.165, 1.54) is 6.92 Å². The van der Waals surface area contributed by atoms with Gasteiger partial charge in [0, 0.05) is 12.6 Å². The second kappa shape index (κ2) is 8.48. The molecule has 0 fully saturated rings. The molecule has 0 saturated carbocycles. The maximum absolute atomic E-state index is 12.0. The zero-order valence-electron chi connectivity index (χ0n) is 13.0. The van der Waals surface area contributed by atoms with Crippen LogP contribution >= 0.6 is 0 Å². The minimum Gasteiger partial charge on any atom is -0.395 e. The largest absolute Gasteiger partial charge is 0.395 e. The Bertz CT molecular complexity index is 501. The second-order valence-electron chi connectivity index (χ2n) is 5.03. The van der Waals surface area contributed by atoms with E-state index in [-0.39, 0.29) is 12.6 Å². The lowest BCUT2D eigenvalue weighted by Gasteiger charge is -2.30. The summed E-state index contributed by atoms with van der Waals surface area (Å²) < 4.78 is 26.6. The summed E-state index contributed by atoms with van der Waals surface area (Å²) >= 11 is 0. The molecular weight excluding hydrogens is 288 g/mol. The fraction of sp³-hybridized carbons (Fsp3) is 0.600. The molecule has 6 heteroatoms. The van der Waals surface area contributed by atoms with Gasteiger partial charge >= 0.3 is 0 Å². The van der Waals surface area contributed by atoms with E-state index in [1.807, 2.05) is 30.3 Å². The third-order valence-electron chi connectivity index (χ3n) is 3.70. The summed E-state index contributed by atoms with van der Waals surface area (Å²) in [5.74, 6) is 0. The Balaban J connectivity index is 2.89. The quantitative estimate of drug-likeness (QED) is 0.722. The number of likely N-dealkylation sites (N-methyl/N-ethyl adjacent to an activating group) is 1. The number of rotatable bonds is 9. The molecule has 0 spiro atoms. The lowest BCUT2D eigenvalue weighted by molar-refractivity contribution is 0.219. The number of hydrogen-bond donors (Lipinski definition) is 2. The summed E-state index contributed by atoms with van der Waals surface area (Å²) in [6, 6.07) is 9.86. The molecule has 120 valence electrons. The first-order chi connectivity index (χ1) is 9.96. The molecule has 0 amide bonds. The van der Waals surface area contributed by atoms with Gasteiger partial charge in [0.1, 0.15) is 0 Å². The highest BCUT2D eigenvalue weighted by Crippen LogP contribution is 2.20. The number of nitrogens with one attached hydrogen (secondary N) is 1. The maximum Gasteiger partial charge on any atom is 0.216 e. The van der Waals surface area contributed by atoms with Crippen molar-refractivity contribution >= 4 is 10.0 Å². The maximum atomic E-state index is 12.0. The predicted molar refractivity (Wildman–Crippen MR) is 85.6 cm³/mol. The minimum atomic E-state index is -3.49. The number of aliphatic hydroxyl groups excluding tert-OH is 1. The van der Waals surface area contributed by atoms with Crippen LogP contribution in [0.3, 0.4) is 0 Å². The Labute approximate surface area is 128 Å². The highest BCUT2D eigenvalue weighted by molar-refractivity contribution is 7.90. The Kier molecular flexibility index (Phi) is 7.31. The van der Waals surface area contributed by atoms with Crippen molar-refractivity contribution in [3.63, 3.8) is 0 Å². The number of hydrogen-bond acceptors (Lipinski definition) is 4. The monoisotopic (exact) mass is 314 g/mol.